The lowest BCUT2D eigenvalue weighted by Crippen LogP contribution is -2.53. The quantitative estimate of drug-likeness (QED) is 0.779. The number of rotatable bonds is 5. The first kappa shape index (κ1) is 17.8. The maximum absolute atomic E-state index is 12.2. The summed E-state index contributed by atoms with van der Waals surface area (Å²) in [7, 11) is 0. The van der Waals surface area contributed by atoms with Crippen LogP contribution in [0.15, 0.2) is 30.3 Å². The molecule has 1 fully saturated rings. The zero-order valence-electron chi connectivity index (χ0n) is 14.3. The Hall–Kier alpha value is -1.59. The van der Waals surface area contributed by atoms with Crippen LogP contribution in [0.4, 0.5) is 4.79 Å². The van der Waals surface area contributed by atoms with E-state index in [2.05, 4.69) is 36.6 Å². The van der Waals surface area contributed by atoms with Gasteiger partial charge in [-0.25, -0.2) is 4.79 Å². The highest BCUT2D eigenvalue weighted by Crippen LogP contribution is 2.26. The van der Waals surface area contributed by atoms with E-state index in [4.69, 9.17) is 4.74 Å². The van der Waals surface area contributed by atoms with Crippen molar-refractivity contribution in [2.75, 3.05) is 19.8 Å². The third kappa shape index (κ3) is 4.69. The van der Waals surface area contributed by atoms with Crippen LogP contribution in [0.3, 0.4) is 0 Å². The molecule has 0 radical (unpaired) electrons. The van der Waals surface area contributed by atoms with Gasteiger partial charge in [0.2, 0.25) is 0 Å². The summed E-state index contributed by atoms with van der Waals surface area (Å²) in [5.74, 6) is 0. The van der Waals surface area contributed by atoms with Gasteiger partial charge in [0.25, 0.3) is 0 Å². The number of ether oxygens (including phenoxy) is 1. The number of nitrogens with one attached hydrogen (secondary N) is 2. The van der Waals surface area contributed by atoms with Gasteiger partial charge < -0.3 is 20.5 Å². The second-order valence-electron chi connectivity index (χ2n) is 6.97. The molecule has 1 aliphatic heterocycles. The summed E-state index contributed by atoms with van der Waals surface area (Å²) in [6.07, 6.45) is 1.11. The predicted octanol–water partition coefficient (Wildman–Crippen LogP) is 2.19. The Kier molecular flexibility index (Phi) is 5.65. The molecule has 128 valence electrons. The minimum absolute atomic E-state index is 0.0470. The molecule has 1 aliphatic rings. The van der Waals surface area contributed by atoms with Gasteiger partial charge in [0.1, 0.15) is 0 Å². The van der Waals surface area contributed by atoms with E-state index in [1.165, 1.54) is 5.56 Å². The van der Waals surface area contributed by atoms with Gasteiger partial charge in [0, 0.05) is 44.1 Å². The molecule has 1 atom stereocenters. The number of benzene rings is 1. The molecular weight excluding hydrogens is 292 g/mol. The van der Waals surface area contributed by atoms with E-state index in [1.54, 1.807) is 0 Å². The van der Waals surface area contributed by atoms with Crippen LogP contribution in [0.2, 0.25) is 0 Å². The van der Waals surface area contributed by atoms with Gasteiger partial charge in [-0.3, -0.25) is 0 Å². The number of carbonyl (C=O) groups is 1. The van der Waals surface area contributed by atoms with Crippen molar-refractivity contribution in [3.05, 3.63) is 35.9 Å². The number of hydrogen-bond donors (Lipinski definition) is 3. The van der Waals surface area contributed by atoms with Gasteiger partial charge in [-0.2, -0.15) is 0 Å². The molecule has 0 aliphatic carbocycles. The van der Waals surface area contributed by atoms with Gasteiger partial charge in [-0.1, -0.05) is 44.2 Å². The summed E-state index contributed by atoms with van der Waals surface area (Å²) in [6.45, 7) is 7.55. The van der Waals surface area contributed by atoms with Gasteiger partial charge in [-0.15, -0.1) is 0 Å². The van der Waals surface area contributed by atoms with Gasteiger partial charge in [0.15, 0.2) is 0 Å². The van der Waals surface area contributed by atoms with Crippen LogP contribution in [0.25, 0.3) is 0 Å². The number of aliphatic hydroxyl groups is 1. The molecule has 1 saturated heterocycles. The van der Waals surface area contributed by atoms with Crippen molar-refractivity contribution in [1.82, 2.24) is 10.6 Å². The van der Waals surface area contributed by atoms with Crippen molar-refractivity contribution in [3.8, 4) is 0 Å². The zero-order valence-corrected chi connectivity index (χ0v) is 14.3. The molecule has 3 N–H and O–H groups in total. The van der Waals surface area contributed by atoms with Crippen LogP contribution in [-0.2, 0) is 10.2 Å². The fraction of sp³-hybridized carbons (Fsp3) is 0.611. The molecule has 0 saturated carbocycles. The summed E-state index contributed by atoms with van der Waals surface area (Å²) < 4.78 is 5.24. The van der Waals surface area contributed by atoms with E-state index in [0.29, 0.717) is 26.1 Å². The molecule has 1 aromatic rings. The Morgan fingerprint density at radius 2 is 1.91 bits per heavy atom. The van der Waals surface area contributed by atoms with Crippen molar-refractivity contribution in [1.29, 1.82) is 0 Å². The average Bonchev–Trinajstić information content (AvgIpc) is 2.54. The second kappa shape index (κ2) is 7.32. The third-order valence-corrected chi connectivity index (χ3v) is 4.95. The Labute approximate surface area is 138 Å². The van der Waals surface area contributed by atoms with Crippen molar-refractivity contribution in [3.63, 3.8) is 0 Å². The summed E-state index contributed by atoms with van der Waals surface area (Å²) in [5.41, 5.74) is 0.137. The maximum Gasteiger partial charge on any atom is 0.315 e. The molecule has 1 aromatic carbocycles. The van der Waals surface area contributed by atoms with Crippen molar-refractivity contribution in [2.45, 2.75) is 50.7 Å². The molecule has 1 unspecified atom stereocenters. The second-order valence-corrected chi connectivity index (χ2v) is 6.97. The SMILES string of the molecule is CC(NC(=O)NCC1(O)CCOCC1)C(C)(C)c1ccccc1. The molecule has 2 rings (SSSR count). The van der Waals surface area contributed by atoms with Gasteiger partial charge in [0.05, 0.1) is 5.60 Å². The monoisotopic (exact) mass is 320 g/mol. The molecule has 1 heterocycles. The van der Waals surface area contributed by atoms with Gasteiger partial charge in [-0.05, 0) is 12.5 Å². The largest absolute Gasteiger partial charge is 0.388 e. The topological polar surface area (TPSA) is 70.6 Å². The molecule has 0 bridgehead atoms. The lowest BCUT2D eigenvalue weighted by atomic mass is 9.78. The standard InChI is InChI=1S/C18H28N2O3/c1-14(17(2,3)15-7-5-4-6-8-15)20-16(21)19-13-18(22)9-11-23-12-10-18/h4-8,14,22H,9-13H2,1-3H3,(H2,19,20,21). The average molecular weight is 320 g/mol. The summed E-state index contributed by atoms with van der Waals surface area (Å²) in [6, 6.07) is 9.84. The molecule has 0 aromatic heterocycles. The smallest absolute Gasteiger partial charge is 0.315 e. The van der Waals surface area contributed by atoms with E-state index in [1.807, 2.05) is 25.1 Å². The zero-order chi connectivity index (χ0) is 16.9. The molecular formula is C18H28N2O3. The van der Waals surface area contributed by atoms with Gasteiger partial charge >= 0.3 is 6.03 Å². The molecule has 5 heteroatoms. The van der Waals surface area contributed by atoms with Crippen LogP contribution in [0.5, 0.6) is 0 Å². The van der Waals surface area contributed by atoms with E-state index in [-0.39, 0.29) is 24.0 Å². The Bertz CT molecular complexity index is 510. The highest BCUT2D eigenvalue weighted by molar-refractivity contribution is 5.74. The lowest BCUT2D eigenvalue weighted by Gasteiger charge is -2.34. The van der Waals surface area contributed by atoms with Crippen molar-refractivity contribution in [2.24, 2.45) is 0 Å². The van der Waals surface area contributed by atoms with E-state index in [9.17, 15) is 9.90 Å². The van der Waals surface area contributed by atoms with Crippen LogP contribution < -0.4 is 10.6 Å². The highest BCUT2D eigenvalue weighted by Gasteiger charge is 2.32. The first-order valence-corrected chi connectivity index (χ1v) is 8.23. The van der Waals surface area contributed by atoms with E-state index < -0.39 is 5.60 Å². The minimum Gasteiger partial charge on any atom is -0.388 e. The molecule has 0 spiro atoms. The first-order chi connectivity index (χ1) is 10.8. The van der Waals surface area contributed by atoms with E-state index >= 15 is 0 Å². The fourth-order valence-corrected chi connectivity index (χ4v) is 2.72. The van der Waals surface area contributed by atoms with Crippen molar-refractivity contribution >= 4 is 6.03 Å². The summed E-state index contributed by atoms with van der Waals surface area (Å²) in [5, 5.41) is 16.1. The number of amides is 2. The van der Waals surface area contributed by atoms with E-state index in [0.717, 1.165) is 0 Å². The highest BCUT2D eigenvalue weighted by atomic mass is 16.5. The molecule has 23 heavy (non-hydrogen) atoms. The first-order valence-electron chi connectivity index (χ1n) is 8.23. The predicted molar refractivity (Wildman–Crippen MR) is 90.5 cm³/mol. The summed E-state index contributed by atoms with van der Waals surface area (Å²) in [4.78, 5) is 12.2. The Morgan fingerprint density at radius 3 is 2.52 bits per heavy atom. The van der Waals surface area contributed by atoms with Crippen LogP contribution in [-0.4, -0.2) is 42.5 Å². The maximum atomic E-state index is 12.2. The number of urea groups is 1. The Morgan fingerprint density at radius 1 is 1.30 bits per heavy atom. The number of hydrogen-bond acceptors (Lipinski definition) is 3. The summed E-state index contributed by atoms with van der Waals surface area (Å²) >= 11 is 0. The normalized spacial score (nSPS) is 19.0. The molecule has 5 nitrogen and oxygen atoms in total. The minimum atomic E-state index is -0.853. The lowest BCUT2D eigenvalue weighted by molar-refractivity contribution is -0.0600. The number of carbonyl (C=O) groups excluding carboxylic acids is 1. The molecule has 2 amide bonds. The Balaban J connectivity index is 1.87. The van der Waals surface area contributed by atoms with Crippen LogP contribution in [0.1, 0.15) is 39.2 Å². The third-order valence-electron chi connectivity index (χ3n) is 4.95. The van der Waals surface area contributed by atoms with Crippen LogP contribution >= 0.6 is 0 Å². The van der Waals surface area contributed by atoms with Crippen LogP contribution in [0, 0.1) is 0 Å². The fourth-order valence-electron chi connectivity index (χ4n) is 2.72. The van der Waals surface area contributed by atoms with Crippen molar-refractivity contribution < 1.29 is 14.6 Å².